The van der Waals surface area contributed by atoms with Crippen LogP contribution >= 0.6 is 0 Å². The Labute approximate surface area is 137 Å². The van der Waals surface area contributed by atoms with Gasteiger partial charge in [0, 0.05) is 11.7 Å². The first-order chi connectivity index (χ1) is 11.4. The highest BCUT2D eigenvalue weighted by Crippen LogP contribution is 2.20. The van der Waals surface area contributed by atoms with Crippen molar-refractivity contribution in [2.75, 3.05) is 11.5 Å². The van der Waals surface area contributed by atoms with E-state index in [1.54, 1.807) is 24.3 Å². The highest BCUT2D eigenvalue weighted by atomic mass is 16.6. The van der Waals surface area contributed by atoms with Crippen LogP contribution < -0.4 is 15.2 Å². The van der Waals surface area contributed by atoms with Gasteiger partial charge < -0.3 is 14.6 Å². The largest absolute Gasteiger partial charge is 0.462 e. The van der Waals surface area contributed by atoms with E-state index < -0.39 is 34.6 Å². The molecule has 0 atom stereocenters. The molecule has 0 aliphatic heterocycles. The van der Waals surface area contributed by atoms with Crippen molar-refractivity contribution in [1.82, 2.24) is 9.97 Å². The molecule has 0 radical (unpaired) electrons. The fraction of sp³-hybridized carbons (Fsp3) is 0.267. The minimum absolute atomic E-state index is 0.148. The van der Waals surface area contributed by atoms with Crippen LogP contribution in [0, 0.1) is 10.1 Å². The van der Waals surface area contributed by atoms with E-state index in [1.807, 2.05) is 19.9 Å². The molecule has 0 spiro atoms. The smallest absolute Gasteiger partial charge is 0.395 e. The fourth-order valence-corrected chi connectivity index (χ4v) is 2.16. The number of ether oxygens (including phenoxy) is 1. The molecule has 0 aliphatic rings. The van der Waals surface area contributed by atoms with Gasteiger partial charge in [-0.1, -0.05) is 18.2 Å². The molecule has 24 heavy (non-hydrogen) atoms. The normalized spacial score (nSPS) is 10.5. The SMILES string of the molecule is CC(C)N(C(=O)COc1nc[nH]c(=O)c1[N+](=O)[O-])c1ccccc1. The van der Waals surface area contributed by atoms with Gasteiger partial charge in [0.1, 0.15) is 0 Å². The molecule has 9 heteroatoms. The molecule has 1 aromatic heterocycles. The fourth-order valence-electron chi connectivity index (χ4n) is 2.16. The molecule has 0 aliphatic carbocycles. The summed E-state index contributed by atoms with van der Waals surface area (Å²) in [6.45, 7) is 3.18. The monoisotopic (exact) mass is 332 g/mol. The van der Waals surface area contributed by atoms with Gasteiger partial charge in [-0.3, -0.25) is 19.7 Å². The Morgan fingerprint density at radius 2 is 2.04 bits per heavy atom. The van der Waals surface area contributed by atoms with Crippen molar-refractivity contribution >= 4 is 17.3 Å². The standard InChI is InChI=1S/C15H16N4O5/c1-10(2)18(11-6-4-3-5-7-11)12(20)8-24-15-13(19(22)23)14(21)16-9-17-15/h3-7,9-10H,8H2,1-2H3,(H,16,17,21). The molecular weight excluding hydrogens is 316 g/mol. The number of amides is 1. The second-order valence-electron chi connectivity index (χ2n) is 5.12. The molecule has 1 aromatic carbocycles. The van der Waals surface area contributed by atoms with E-state index in [2.05, 4.69) is 9.97 Å². The van der Waals surface area contributed by atoms with Gasteiger partial charge >= 0.3 is 17.1 Å². The van der Waals surface area contributed by atoms with E-state index in [-0.39, 0.29) is 6.04 Å². The number of carbonyl (C=O) groups is 1. The van der Waals surface area contributed by atoms with Crippen LogP contribution in [0.4, 0.5) is 11.4 Å². The molecule has 9 nitrogen and oxygen atoms in total. The van der Waals surface area contributed by atoms with Gasteiger partial charge in [-0.15, -0.1) is 0 Å². The van der Waals surface area contributed by atoms with Crippen molar-refractivity contribution in [2.24, 2.45) is 0 Å². The highest BCUT2D eigenvalue weighted by Gasteiger charge is 2.25. The summed E-state index contributed by atoms with van der Waals surface area (Å²) in [5, 5.41) is 10.9. The van der Waals surface area contributed by atoms with Crippen molar-refractivity contribution in [3.05, 3.63) is 57.1 Å². The van der Waals surface area contributed by atoms with E-state index in [0.29, 0.717) is 5.69 Å². The van der Waals surface area contributed by atoms with E-state index >= 15 is 0 Å². The maximum absolute atomic E-state index is 12.4. The first kappa shape index (κ1) is 17.1. The van der Waals surface area contributed by atoms with Crippen molar-refractivity contribution < 1.29 is 14.5 Å². The molecule has 126 valence electrons. The topological polar surface area (TPSA) is 118 Å². The third-order valence-electron chi connectivity index (χ3n) is 3.13. The lowest BCUT2D eigenvalue weighted by Crippen LogP contribution is -2.40. The molecule has 1 amide bonds. The molecule has 0 bridgehead atoms. The number of carbonyl (C=O) groups excluding carboxylic acids is 1. The van der Waals surface area contributed by atoms with Crippen molar-refractivity contribution in [3.8, 4) is 5.88 Å². The van der Waals surface area contributed by atoms with Gasteiger partial charge in [-0.2, -0.15) is 4.98 Å². The Bertz CT molecular complexity index is 788. The quantitative estimate of drug-likeness (QED) is 0.632. The van der Waals surface area contributed by atoms with E-state index in [9.17, 15) is 19.7 Å². The van der Waals surface area contributed by atoms with Crippen molar-refractivity contribution in [1.29, 1.82) is 0 Å². The number of hydrogen-bond donors (Lipinski definition) is 1. The molecule has 0 unspecified atom stereocenters. The Morgan fingerprint density at radius 3 is 2.62 bits per heavy atom. The number of hydrogen-bond acceptors (Lipinski definition) is 6. The number of H-pyrrole nitrogens is 1. The highest BCUT2D eigenvalue weighted by molar-refractivity contribution is 5.94. The average molecular weight is 332 g/mol. The van der Waals surface area contributed by atoms with Crippen LogP contribution in [-0.4, -0.2) is 33.4 Å². The molecular formula is C15H16N4O5. The summed E-state index contributed by atoms with van der Waals surface area (Å²) in [6.07, 6.45) is 0.979. The van der Waals surface area contributed by atoms with Gasteiger partial charge in [0.05, 0.1) is 11.3 Å². The minimum Gasteiger partial charge on any atom is -0.462 e. The summed E-state index contributed by atoms with van der Waals surface area (Å²) in [6, 6.07) is 8.80. The number of nitrogens with one attached hydrogen (secondary N) is 1. The summed E-state index contributed by atoms with van der Waals surface area (Å²) < 4.78 is 5.13. The van der Waals surface area contributed by atoms with Crippen molar-refractivity contribution in [3.63, 3.8) is 0 Å². The molecule has 1 heterocycles. The Hall–Kier alpha value is -3.23. The number of para-hydroxylation sites is 1. The Morgan fingerprint density at radius 1 is 1.38 bits per heavy atom. The zero-order valence-electron chi connectivity index (χ0n) is 13.1. The van der Waals surface area contributed by atoms with E-state index in [0.717, 1.165) is 6.33 Å². The summed E-state index contributed by atoms with van der Waals surface area (Å²) >= 11 is 0. The van der Waals surface area contributed by atoms with Crippen molar-refractivity contribution in [2.45, 2.75) is 19.9 Å². The lowest BCUT2D eigenvalue weighted by atomic mass is 10.2. The molecule has 0 fully saturated rings. The van der Waals surface area contributed by atoms with Crippen LogP contribution in [0.3, 0.4) is 0 Å². The molecule has 2 aromatic rings. The van der Waals surface area contributed by atoms with Gasteiger partial charge in [-0.25, -0.2) is 0 Å². The van der Waals surface area contributed by atoms with Gasteiger partial charge in [0.15, 0.2) is 6.61 Å². The number of nitro groups is 1. The third-order valence-corrected chi connectivity index (χ3v) is 3.13. The number of aromatic nitrogens is 2. The lowest BCUT2D eigenvalue weighted by molar-refractivity contribution is -0.387. The third kappa shape index (κ3) is 3.75. The minimum atomic E-state index is -0.943. The van der Waals surface area contributed by atoms with Gasteiger partial charge in [-0.05, 0) is 26.0 Å². The zero-order chi connectivity index (χ0) is 17.7. The summed E-state index contributed by atoms with van der Waals surface area (Å²) in [7, 11) is 0. The maximum Gasteiger partial charge on any atom is 0.395 e. The van der Waals surface area contributed by atoms with E-state index in [1.165, 1.54) is 4.90 Å². The molecule has 1 N–H and O–H groups in total. The van der Waals surface area contributed by atoms with Crippen LogP contribution in [0.15, 0.2) is 41.5 Å². The Balaban J connectivity index is 2.20. The molecule has 2 rings (SSSR count). The lowest BCUT2D eigenvalue weighted by Gasteiger charge is -2.26. The number of rotatable bonds is 6. The number of benzene rings is 1. The number of anilines is 1. The first-order valence-electron chi connectivity index (χ1n) is 7.13. The second kappa shape index (κ2) is 7.36. The average Bonchev–Trinajstić information content (AvgIpc) is 2.53. The molecule has 0 saturated heterocycles. The second-order valence-corrected chi connectivity index (χ2v) is 5.12. The van der Waals surface area contributed by atoms with E-state index in [4.69, 9.17) is 4.74 Å². The number of aromatic amines is 1. The Kier molecular flexibility index (Phi) is 5.25. The summed E-state index contributed by atoms with van der Waals surface area (Å²) in [5.41, 5.74) is -1.10. The van der Waals surface area contributed by atoms with Crippen LogP contribution in [0.1, 0.15) is 13.8 Å². The molecule has 0 saturated carbocycles. The summed E-state index contributed by atoms with van der Waals surface area (Å²) in [4.78, 5) is 41.2. The van der Waals surface area contributed by atoms with Crippen LogP contribution in [0.5, 0.6) is 5.88 Å². The first-order valence-corrected chi connectivity index (χ1v) is 7.13. The predicted octanol–water partition coefficient (Wildman–Crippen LogP) is 1.50. The maximum atomic E-state index is 12.4. The zero-order valence-corrected chi connectivity index (χ0v) is 13.1. The van der Waals surface area contributed by atoms with Gasteiger partial charge in [0.2, 0.25) is 0 Å². The number of nitrogens with zero attached hydrogens (tertiary/aromatic N) is 3. The summed E-state index contributed by atoms with van der Waals surface area (Å²) in [5.74, 6) is -0.901. The van der Waals surface area contributed by atoms with Crippen LogP contribution in [-0.2, 0) is 4.79 Å². The van der Waals surface area contributed by atoms with Gasteiger partial charge in [0.25, 0.3) is 5.91 Å². The predicted molar refractivity (Wildman–Crippen MR) is 86.1 cm³/mol. The van der Waals surface area contributed by atoms with Crippen LogP contribution in [0.25, 0.3) is 0 Å². The van der Waals surface area contributed by atoms with Crippen LogP contribution in [0.2, 0.25) is 0 Å².